The molecule has 1 rings (SSSR count). The molecule has 1 aromatic heterocycles. The van der Waals surface area contributed by atoms with E-state index < -0.39 is 5.97 Å². The van der Waals surface area contributed by atoms with Gasteiger partial charge in [0.25, 0.3) is 0 Å². The Morgan fingerprint density at radius 2 is 2.20 bits per heavy atom. The highest BCUT2D eigenvalue weighted by atomic mass is 79.9. The van der Waals surface area contributed by atoms with E-state index >= 15 is 0 Å². The van der Waals surface area contributed by atoms with Crippen molar-refractivity contribution in [1.29, 1.82) is 0 Å². The van der Waals surface area contributed by atoms with Crippen LogP contribution in [0.1, 0.15) is 23.0 Å². The number of carbonyl (C=O) groups excluding carboxylic acids is 1. The zero-order valence-corrected chi connectivity index (χ0v) is 10.4. The molecule has 0 bridgehead atoms. The van der Waals surface area contributed by atoms with Crippen molar-refractivity contribution in [2.45, 2.75) is 13.8 Å². The summed E-state index contributed by atoms with van der Waals surface area (Å²) in [5.41, 5.74) is 0.361. The van der Waals surface area contributed by atoms with E-state index in [1.165, 1.54) is 0 Å². The fraction of sp³-hybridized carbons (Fsp3) is 0.400. The highest BCUT2D eigenvalue weighted by Gasteiger charge is 2.18. The molecule has 4 nitrogen and oxygen atoms in total. The van der Waals surface area contributed by atoms with Gasteiger partial charge in [-0.3, -0.25) is 4.79 Å². The lowest BCUT2D eigenvalue weighted by molar-refractivity contribution is 0.0522. The van der Waals surface area contributed by atoms with Crippen LogP contribution in [-0.2, 0) is 11.8 Å². The van der Waals surface area contributed by atoms with Gasteiger partial charge in [0.1, 0.15) is 5.56 Å². The molecule has 1 heterocycles. The molecule has 0 fully saturated rings. The molecule has 0 unspecified atom stereocenters. The van der Waals surface area contributed by atoms with E-state index in [9.17, 15) is 9.59 Å². The summed E-state index contributed by atoms with van der Waals surface area (Å²) >= 11 is 3.11. The van der Waals surface area contributed by atoms with Crippen molar-refractivity contribution < 1.29 is 9.53 Å². The molecular weight excluding hydrogens is 262 g/mol. The Balaban J connectivity index is 3.39. The minimum atomic E-state index is -0.572. The van der Waals surface area contributed by atoms with Crippen molar-refractivity contribution in [2.24, 2.45) is 7.05 Å². The maximum Gasteiger partial charge on any atom is 0.343 e. The van der Waals surface area contributed by atoms with E-state index in [-0.39, 0.29) is 17.6 Å². The second kappa shape index (κ2) is 4.61. The van der Waals surface area contributed by atoms with Crippen LogP contribution in [0.25, 0.3) is 0 Å². The van der Waals surface area contributed by atoms with Crippen LogP contribution in [0.15, 0.2) is 15.5 Å². The van der Waals surface area contributed by atoms with Crippen molar-refractivity contribution in [3.05, 3.63) is 32.2 Å². The quantitative estimate of drug-likeness (QED) is 0.770. The number of hydrogen-bond donors (Lipinski definition) is 0. The minimum Gasteiger partial charge on any atom is -0.462 e. The number of nitrogens with zero attached hydrogens (tertiary/aromatic N) is 1. The second-order valence-corrected chi connectivity index (χ2v) is 3.95. The van der Waals surface area contributed by atoms with Crippen LogP contribution < -0.4 is 5.43 Å². The number of halogens is 1. The predicted octanol–water partition coefficient (Wildman–Crippen LogP) is 1.63. The first kappa shape index (κ1) is 12.0. The fourth-order valence-corrected chi connectivity index (χ4v) is 1.73. The number of aromatic nitrogens is 1. The topological polar surface area (TPSA) is 48.3 Å². The van der Waals surface area contributed by atoms with Crippen LogP contribution >= 0.6 is 15.9 Å². The van der Waals surface area contributed by atoms with Gasteiger partial charge in [-0.2, -0.15) is 0 Å². The summed E-state index contributed by atoms with van der Waals surface area (Å²) in [5, 5.41) is 0. The van der Waals surface area contributed by atoms with Gasteiger partial charge in [-0.1, -0.05) is 0 Å². The maximum atomic E-state index is 11.7. The fourth-order valence-electron chi connectivity index (χ4n) is 1.23. The average Bonchev–Trinajstić information content (AvgIpc) is 2.16. The summed E-state index contributed by atoms with van der Waals surface area (Å²) in [4.78, 5) is 23.2. The number of esters is 1. The van der Waals surface area contributed by atoms with Crippen LogP contribution in [0, 0.1) is 6.92 Å². The molecule has 0 saturated heterocycles. The molecule has 0 aromatic carbocycles. The number of ether oxygens (including phenoxy) is 1. The molecule has 15 heavy (non-hydrogen) atoms. The normalized spacial score (nSPS) is 10.1. The van der Waals surface area contributed by atoms with E-state index in [1.807, 2.05) is 0 Å². The molecule has 82 valence electrons. The lowest BCUT2D eigenvalue weighted by Gasteiger charge is -2.09. The van der Waals surface area contributed by atoms with Gasteiger partial charge in [0, 0.05) is 18.9 Å². The Kier molecular flexibility index (Phi) is 3.68. The Morgan fingerprint density at radius 1 is 1.60 bits per heavy atom. The lowest BCUT2D eigenvalue weighted by atomic mass is 10.2. The Bertz CT molecular complexity index is 451. The van der Waals surface area contributed by atoms with Gasteiger partial charge in [0.05, 0.1) is 11.1 Å². The third kappa shape index (κ3) is 2.28. The average molecular weight is 274 g/mol. The first-order valence-corrected chi connectivity index (χ1v) is 5.31. The molecule has 0 aliphatic heterocycles. The molecule has 0 amide bonds. The summed E-state index contributed by atoms with van der Waals surface area (Å²) in [6, 6.07) is 0. The SMILES string of the molecule is CCOC(=O)c1c(C)n(C)cc(Br)c1=O. The molecule has 0 aliphatic rings. The van der Waals surface area contributed by atoms with Gasteiger partial charge >= 0.3 is 5.97 Å². The van der Waals surface area contributed by atoms with Crippen LogP contribution in [0.4, 0.5) is 0 Å². The summed E-state index contributed by atoms with van der Waals surface area (Å²) in [7, 11) is 1.77. The van der Waals surface area contributed by atoms with Crippen molar-refractivity contribution in [1.82, 2.24) is 4.57 Å². The van der Waals surface area contributed by atoms with E-state index in [0.717, 1.165) is 0 Å². The smallest absolute Gasteiger partial charge is 0.343 e. The van der Waals surface area contributed by atoms with Gasteiger partial charge in [-0.15, -0.1) is 0 Å². The molecule has 5 heteroatoms. The van der Waals surface area contributed by atoms with Crippen LogP contribution in [-0.4, -0.2) is 17.1 Å². The van der Waals surface area contributed by atoms with Gasteiger partial charge in [-0.05, 0) is 29.8 Å². The maximum absolute atomic E-state index is 11.7. The Labute approximate surface area is 96.0 Å². The monoisotopic (exact) mass is 273 g/mol. The van der Waals surface area contributed by atoms with E-state index in [1.54, 1.807) is 31.7 Å². The summed E-state index contributed by atoms with van der Waals surface area (Å²) in [6.07, 6.45) is 1.63. The first-order valence-electron chi connectivity index (χ1n) is 4.51. The molecular formula is C10H12BrNO3. The molecule has 0 spiro atoms. The highest BCUT2D eigenvalue weighted by molar-refractivity contribution is 9.10. The van der Waals surface area contributed by atoms with Crippen LogP contribution in [0.3, 0.4) is 0 Å². The van der Waals surface area contributed by atoms with Crippen molar-refractivity contribution in [2.75, 3.05) is 6.61 Å². The molecule has 1 aromatic rings. The van der Waals surface area contributed by atoms with Crippen LogP contribution in [0.2, 0.25) is 0 Å². The van der Waals surface area contributed by atoms with Gasteiger partial charge < -0.3 is 9.30 Å². The van der Waals surface area contributed by atoms with Gasteiger partial charge in [-0.25, -0.2) is 4.79 Å². The predicted molar refractivity (Wildman–Crippen MR) is 60.1 cm³/mol. The van der Waals surface area contributed by atoms with Crippen molar-refractivity contribution in [3.8, 4) is 0 Å². The number of hydrogen-bond acceptors (Lipinski definition) is 3. The minimum absolute atomic E-state index is 0.0914. The standard InChI is InChI=1S/C10H12BrNO3/c1-4-15-10(14)8-6(2)12(3)5-7(11)9(8)13/h5H,4H2,1-3H3. The highest BCUT2D eigenvalue weighted by Crippen LogP contribution is 2.10. The van der Waals surface area contributed by atoms with Crippen molar-refractivity contribution >= 4 is 21.9 Å². The van der Waals surface area contributed by atoms with Crippen LogP contribution in [0.5, 0.6) is 0 Å². The third-order valence-electron chi connectivity index (χ3n) is 2.12. The lowest BCUT2D eigenvalue weighted by Crippen LogP contribution is -2.23. The number of carbonyl (C=O) groups is 1. The number of pyridine rings is 1. The molecule has 0 atom stereocenters. The summed E-state index contributed by atoms with van der Waals surface area (Å²) in [6.45, 7) is 3.67. The molecule has 0 saturated carbocycles. The summed E-state index contributed by atoms with van der Waals surface area (Å²) < 4.78 is 6.89. The third-order valence-corrected chi connectivity index (χ3v) is 2.69. The van der Waals surface area contributed by atoms with Gasteiger partial charge in [0.15, 0.2) is 0 Å². The van der Waals surface area contributed by atoms with E-state index in [4.69, 9.17) is 4.74 Å². The van der Waals surface area contributed by atoms with Crippen molar-refractivity contribution in [3.63, 3.8) is 0 Å². The van der Waals surface area contributed by atoms with E-state index in [2.05, 4.69) is 15.9 Å². The van der Waals surface area contributed by atoms with E-state index in [0.29, 0.717) is 10.2 Å². The molecule has 0 radical (unpaired) electrons. The molecule has 0 aliphatic carbocycles. The zero-order valence-electron chi connectivity index (χ0n) is 8.83. The summed E-state index contributed by atoms with van der Waals surface area (Å²) in [5.74, 6) is -0.572. The number of rotatable bonds is 2. The Hall–Kier alpha value is -1.10. The molecule has 0 N–H and O–H groups in total. The first-order chi connectivity index (χ1) is 6.99. The zero-order chi connectivity index (χ0) is 11.6. The Morgan fingerprint density at radius 3 is 2.73 bits per heavy atom. The van der Waals surface area contributed by atoms with Gasteiger partial charge in [0.2, 0.25) is 5.43 Å². The largest absolute Gasteiger partial charge is 0.462 e. The number of aryl methyl sites for hydroxylation is 1. The second-order valence-electron chi connectivity index (χ2n) is 3.10.